The normalized spacial score (nSPS) is 7.25. The third kappa shape index (κ3) is 4.41. The second-order valence-electron chi connectivity index (χ2n) is 0.797. The molecule has 2 N–H and O–H groups in total. The third-order valence-corrected chi connectivity index (χ3v) is 1.09. The van der Waals surface area contributed by atoms with Crippen molar-refractivity contribution in [1.29, 1.82) is 0 Å². The van der Waals surface area contributed by atoms with Crippen molar-refractivity contribution in [3.8, 4) is 0 Å². The van der Waals surface area contributed by atoms with Gasteiger partial charge in [0.15, 0.2) is 0 Å². The van der Waals surface area contributed by atoms with Crippen LogP contribution in [-0.4, -0.2) is 46.2 Å². The predicted molar refractivity (Wildman–Crippen MR) is 26.3 cm³/mol. The van der Waals surface area contributed by atoms with Crippen molar-refractivity contribution < 1.29 is 20.7 Å². The molecule has 0 amide bonds. The zero-order chi connectivity index (χ0) is 6.41. The molecule has 0 radical (unpaired) electrons. The molecule has 0 saturated carbocycles. The summed E-state index contributed by atoms with van der Waals surface area (Å²) < 4.78 is 24.0. The quantitative estimate of drug-likeness (QED) is 0.431. The maximum Gasteiger partial charge on any atom is 0.742 e. The second kappa shape index (κ2) is 5.39. The van der Waals surface area contributed by atoms with E-state index in [4.69, 9.17) is 8.32 Å². The van der Waals surface area contributed by atoms with Crippen LogP contribution in [0.25, 0.3) is 0 Å². The van der Waals surface area contributed by atoms with Gasteiger partial charge in [-0.15, -0.1) is 0 Å². The molecule has 44 valence electrons. The highest BCUT2D eigenvalue weighted by Gasteiger charge is 2.03. The average Bonchev–Trinajstić information content (AvgIpc) is 1.68. The van der Waals surface area contributed by atoms with Crippen molar-refractivity contribution in [2.75, 3.05) is 0 Å². The summed E-state index contributed by atoms with van der Waals surface area (Å²) in [5, 5.41) is 0. The van der Waals surface area contributed by atoms with Crippen molar-refractivity contribution in [2.45, 2.75) is 0 Å². The van der Waals surface area contributed by atoms with Crippen molar-refractivity contribution in [3.63, 3.8) is 0 Å². The third-order valence-electron chi connectivity index (χ3n) is 0.365. The maximum atomic E-state index is 9.95. The lowest BCUT2D eigenvalue weighted by molar-refractivity contribution is 0.143. The molecule has 0 saturated heterocycles. The van der Waals surface area contributed by atoms with Crippen LogP contribution in [-0.2, 0) is 7.58 Å². The summed E-state index contributed by atoms with van der Waals surface area (Å²) >= 11 is -3.43. The smallest absolute Gasteiger partial charge is 0.567 e. The van der Waals surface area contributed by atoms with Crippen LogP contribution in [0.2, 0.25) is 0 Å². The van der Waals surface area contributed by atoms with Crippen molar-refractivity contribution in [2.24, 2.45) is 0 Å². The first-order chi connectivity index (χ1) is 3.81. The van der Waals surface area contributed by atoms with Gasteiger partial charge >= 0.3 is 37.9 Å². The first-order valence-electron chi connectivity index (χ1n) is 1.82. The summed E-state index contributed by atoms with van der Waals surface area (Å²) in [4.78, 5) is 9.95. The molecule has 0 aliphatic heterocycles. The Morgan fingerprint density at radius 1 is 1.25 bits per heavy atom. The SMILES string of the molecule is O=C([O][AlH][OH])[O][AlH][OH]. The summed E-state index contributed by atoms with van der Waals surface area (Å²) in [6.45, 7) is 0. The molecule has 8 heavy (non-hydrogen) atoms. The molecule has 0 aliphatic carbocycles. The number of rotatable bonds is 2. The summed E-state index contributed by atoms with van der Waals surface area (Å²) in [6, 6.07) is 0. The van der Waals surface area contributed by atoms with E-state index >= 15 is 0 Å². The molecule has 0 aliphatic rings. The molecule has 0 spiro atoms. The van der Waals surface area contributed by atoms with E-state index in [1.807, 2.05) is 0 Å². The highest BCUT2D eigenvalue weighted by molar-refractivity contribution is 6.24. The molecule has 0 heterocycles. The monoisotopic (exact) mass is 150 g/mol. The number of hydrogen-bond donors (Lipinski definition) is 2. The first kappa shape index (κ1) is 8.25. The lowest BCUT2D eigenvalue weighted by Crippen LogP contribution is -2.12. The molecule has 0 aromatic carbocycles. The number of carbonyl (C=O) groups excluding carboxylic acids is 1. The fraction of sp³-hybridized carbons (Fsp3) is 0. The van der Waals surface area contributed by atoms with Gasteiger partial charge in [-0.2, -0.15) is 0 Å². The molecule has 0 rings (SSSR count). The lowest BCUT2D eigenvalue weighted by atomic mass is 11.5. The molecule has 0 aromatic heterocycles. The van der Waals surface area contributed by atoms with E-state index in [9.17, 15) is 4.79 Å². The lowest BCUT2D eigenvalue weighted by Gasteiger charge is -1.98. The van der Waals surface area contributed by atoms with Crippen LogP contribution in [0.1, 0.15) is 0 Å². The highest BCUT2D eigenvalue weighted by atomic mass is 27.2. The fourth-order valence-corrected chi connectivity index (χ4v) is 0.691. The molecule has 0 atom stereocenters. The van der Waals surface area contributed by atoms with E-state index in [1.165, 1.54) is 0 Å². The summed E-state index contributed by atoms with van der Waals surface area (Å²) in [5.41, 5.74) is 0. The Kier molecular flexibility index (Phi) is 5.56. The first-order valence-corrected chi connectivity index (χ1v) is 4.24. The van der Waals surface area contributed by atoms with Gasteiger partial charge in [0.05, 0.1) is 0 Å². The van der Waals surface area contributed by atoms with E-state index in [1.54, 1.807) is 0 Å². The summed E-state index contributed by atoms with van der Waals surface area (Å²) in [6.07, 6.45) is -0.965. The van der Waals surface area contributed by atoms with Crippen LogP contribution in [0.15, 0.2) is 0 Å². The van der Waals surface area contributed by atoms with Gasteiger partial charge in [-0.1, -0.05) is 0 Å². The molecule has 0 bridgehead atoms. The van der Waals surface area contributed by atoms with E-state index in [0.29, 0.717) is 0 Å². The molecular formula is CH4Al2O5. The highest BCUT2D eigenvalue weighted by Crippen LogP contribution is 1.76. The topological polar surface area (TPSA) is 76.0 Å². The minimum absolute atomic E-state index is 0.965. The van der Waals surface area contributed by atoms with Crippen LogP contribution in [0.4, 0.5) is 4.79 Å². The van der Waals surface area contributed by atoms with Crippen molar-refractivity contribution in [3.05, 3.63) is 0 Å². The van der Waals surface area contributed by atoms with E-state index in [2.05, 4.69) is 7.58 Å². The van der Waals surface area contributed by atoms with Gasteiger partial charge in [0.2, 0.25) is 0 Å². The van der Waals surface area contributed by atoms with Crippen molar-refractivity contribution in [1.82, 2.24) is 0 Å². The van der Waals surface area contributed by atoms with Gasteiger partial charge < -0.3 is 15.9 Å². The van der Waals surface area contributed by atoms with Gasteiger partial charge in [0.25, 0.3) is 0 Å². The minimum atomic E-state index is -1.72. The Bertz CT molecular complexity index is 64.8. The standard InChI is InChI=1S/CH2O3.2Al.2H2O.2H/c2-1(3)4;;;;;;/h(H2,2,3,4);;;2*1H2;;/q;2*+2;;;;/p-4. The number of carbonyl (C=O) groups is 1. The minimum Gasteiger partial charge on any atom is -0.567 e. The Morgan fingerprint density at radius 2 is 1.62 bits per heavy atom. The zero-order valence-corrected chi connectivity index (χ0v) is 6.86. The van der Waals surface area contributed by atoms with Crippen molar-refractivity contribution >= 4 is 37.9 Å². The molecule has 7 heteroatoms. The Morgan fingerprint density at radius 3 is 1.88 bits per heavy atom. The van der Waals surface area contributed by atoms with Crippen LogP contribution in [0, 0.1) is 0 Å². The molecule has 5 nitrogen and oxygen atoms in total. The van der Waals surface area contributed by atoms with Gasteiger partial charge in [0, 0.05) is 0 Å². The van der Waals surface area contributed by atoms with Crippen LogP contribution in [0.3, 0.4) is 0 Å². The second-order valence-corrected chi connectivity index (χ2v) is 1.89. The molecular weight excluding hydrogens is 146 g/mol. The molecule has 0 fully saturated rings. The summed E-state index contributed by atoms with van der Waals surface area (Å²) in [5.74, 6) is 0. The Labute approximate surface area is 59.0 Å². The van der Waals surface area contributed by atoms with Crippen LogP contribution >= 0.6 is 0 Å². The van der Waals surface area contributed by atoms with E-state index < -0.39 is 37.9 Å². The number of hydrogen-bond acceptors (Lipinski definition) is 5. The Hall–Kier alpha value is 0.255. The van der Waals surface area contributed by atoms with Gasteiger partial charge in [-0.25, -0.2) is 4.79 Å². The maximum absolute atomic E-state index is 9.95. The predicted octanol–water partition coefficient (Wildman–Crippen LogP) is -2.34. The van der Waals surface area contributed by atoms with Gasteiger partial charge in [-0.3, -0.25) is 0 Å². The van der Waals surface area contributed by atoms with E-state index in [-0.39, 0.29) is 0 Å². The average molecular weight is 150 g/mol. The fourth-order valence-electron chi connectivity index (χ4n) is 0.147. The summed E-state index contributed by atoms with van der Waals surface area (Å²) in [7, 11) is 0. The van der Waals surface area contributed by atoms with Crippen LogP contribution in [0.5, 0.6) is 0 Å². The van der Waals surface area contributed by atoms with Gasteiger partial charge in [-0.05, 0) is 0 Å². The van der Waals surface area contributed by atoms with E-state index in [0.717, 1.165) is 0 Å². The van der Waals surface area contributed by atoms with Crippen LogP contribution < -0.4 is 0 Å². The largest absolute Gasteiger partial charge is 0.742 e. The molecule has 0 aromatic rings. The molecule has 0 unspecified atom stereocenters. The Balaban J connectivity index is 3.06. The zero-order valence-electron chi connectivity index (χ0n) is 4.03. The van der Waals surface area contributed by atoms with Gasteiger partial charge in [0.1, 0.15) is 0 Å².